The first kappa shape index (κ1) is 11.6. The Morgan fingerprint density at radius 2 is 1.94 bits per heavy atom. The Morgan fingerprint density at radius 3 is 2.53 bits per heavy atom. The number of nitrogens with one attached hydrogen (secondary N) is 1. The summed E-state index contributed by atoms with van der Waals surface area (Å²) in [5, 5.41) is 2.55. The van der Waals surface area contributed by atoms with Gasteiger partial charge in [0.1, 0.15) is 0 Å². The standard InChI is InChI=1S/C11H9ClN2O3/c1-14(2)11(17)5-4-8-6(3-7(5)12)9(15)10(16)13-8/h3-4H,1-2H3,(H,13,15,16). The number of Topliss-reactive ketones (excluding diaryl/α,β-unsaturated/α-hetero) is 1. The lowest BCUT2D eigenvalue weighted by Gasteiger charge is -2.12. The van der Waals surface area contributed by atoms with Crippen molar-refractivity contribution in [1.82, 2.24) is 4.90 Å². The van der Waals surface area contributed by atoms with Crippen LogP contribution in [0.15, 0.2) is 12.1 Å². The molecule has 2 rings (SSSR count). The molecule has 0 bridgehead atoms. The minimum Gasteiger partial charge on any atom is -0.345 e. The lowest BCUT2D eigenvalue weighted by molar-refractivity contribution is -0.112. The van der Waals surface area contributed by atoms with E-state index in [1.807, 2.05) is 0 Å². The smallest absolute Gasteiger partial charge is 0.296 e. The van der Waals surface area contributed by atoms with E-state index >= 15 is 0 Å². The molecule has 0 spiro atoms. The van der Waals surface area contributed by atoms with E-state index in [-0.39, 0.29) is 22.1 Å². The van der Waals surface area contributed by atoms with Crippen molar-refractivity contribution in [2.75, 3.05) is 19.4 Å². The van der Waals surface area contributed by atoms with Gasteiger partial charge in [0.25, 0.3) is 17.6 Å². The predicted molar refractivity (Wildman–Crippen MR) is 62.4 cm³/mol. The second-order valence-electron chi connectivity index (χ2n) is 3.86. The number of halogens is 1. The van der Waals surface area contributed by atoms with E-state index in [4.69, 9.17) is 11.6 Å². The Kier molecular flexibility index (Phi) is 2.63. The summed E-state index contributed by atoms with van der Waals surface area (Å²) in [4.78, 5) is 35.7. The molecule has 0 unspecified atom stereocenters. The van der Waals surface area contributed by atoms with E-state index in [9.17, 15) is 14.4 Å². The topological polar surface area (TPSA) is 66.5 Å². The summed E-state index contributed by atoms with van der Waals surface area (Å²) in [6, 6.07) is 2.76. The zero-order valence-corrected chi connectivity index (χ0v) is 9.96. The summed E-state index contributed by atoms with van der Waals surface area (Å²) in [5.41, 5.74) is 0.787. The number of anilines is 1. The molecule has 2 amide bonds. The van der Waals surface area contributed by atoms with Crippen molar-refractivity contribution in [3.05, 3.63) is 28.3 Å². The largest absolute Gasteiger partial charge is 0.345 e. The number of ketones is 1. The zero-order valence-electron chi connectivity index (χ0n) is 9.20. The third-order valence-electron chi connectivity index (χ3n) is 2.44. The van der Waals surface area contributed by atoms with Crippen molar-refractivity contribution >= 4 is 34.9 Å². The summed E-state index contributed by atoms with van der Waals surface area (Å²) in [5.74, 6) is -1.62. The maximum atomic E-state index is 11.8. The highest BCUT2D eigenvalue weighted by molar-refractivity contribution is 6.52. The van der Waals surface area contributed by atoms with Crippen LogP contribution in [0.1, 0.15) is 20.7 Å². The number of nitrogens with zero attached hydrogens (tertiary/aromatic N) is 1. The molecule has 0 saturated carbocycles. The van der Waals surface area contributed by atoms with Crippen LogP contribution in [-0.2, 0) is 4.79 Å². The van der Waals surface area contributed by atoms with Crippen LogP contribution in [-0.4, -0.2) is 36.6 Å². The number of hydrogen-bond donors (Lipinski definition) is 1. The first-order valence-corrected chi connectivity index (χ1v) is 5.20. The van der Waals surface area contributed by atoms with Crippen LogP contribution in [0.2, 0.25) is 5.02 Å². The summed E-state index contributed by atoms with van der Waals surface area (Å²) < 4.78 is 0. The normalized spacial score (nSPS) is 13.4. The molecule has 5 nitrogen and oxygen atoms in total. The molecule has 1 N–H and O–H groups in total. The van der Waals surface area contributed by atoms with Crippen LogP contribution in [0.3, 0.4) is 0 Å². The number of rotatable bonds is 1. The van der Waals surface area contributed by atoms with Gasteiger partial charge in [-0.15, -0.1) is 0 Å². The van der Waals surface area contributed by atoms with E-state index in [2.05, 4.69) is 5.32 Å². The van der Waals surface area contributed by atoms with E-state index in [1.54, 1.807) is 14.1 Å². The van der Waals surface area contributed by atoms with E-state index < -0.39 is 11.7 Å². The van der Waals surface area contributed by atoms with E-state index in [0.717, 1.165) is 0 Å². The number of amides is 2. The van der Waals surface area contributed by atoms with Crippen molar-refractivity contribution in [2.45, 2.75) is 0 Å². The fourth-order valence-corrected chi connectivity index (χ4v) is 1.82. The molecule has 0 aliphatic carbocycles. The van der Waals surface area contributed by atoms with Gasteiger partial charge < -0.3 is 10.2 Å². The Labute approximate surface area is 102 Å². The first-order valence-electron chi connectivity index (χ1n) is 4.82. The highest BCUT2D eigenvalue weighted by atomic mass is 35.5. The second kappa shape index (κ2) is 3.85. The molecule has 1 aromatic rings. The Bertz CT molecular complexity index is 552. The fourth-order valence-electron chi connectivity index (χ4n) is 1.57. The monoisotopic (exact) mass is 252 g/mol. The van der Waals surface area contributed by atoms with Crippen molar-refractivity contribution in [2.24, 2.45) is 0 Å². The van der Waals surface area contributed by atoms with Gasteiger partial charge in [-0.25, -0.2) is 0 Å². The molecule has 0 atom stereocenters. The number of fused-ring (bicyclic) bond motifs is 1. The van der Waals surface area contributed by atoms with Gasteiger partial charge in [-0.1, -0.05) is 11.6 Å². The van der Waals surface area contributed by atoms with Gasteiger partial charge in [-0.05, 0) is 12.1 Å². The number of benzene rings is 1. The molecule has 17 heavy (non-hydrogen) atoms. The summed E-state index contributed by atoms with van der Waals surface area (Å²) in [6.07, 6.45) is 0. The third-order valence-corrected chi connectivity index (χ3v) is 2.76. The van der Waals surface area contributed by atoms with Gasteiger partial charge in [0.2, 0.25) is 0 Å². The van der Waals surface area contributed by atoms with Crippen molar-refractivity contribution < 1.29 is 14.4 Å². The maximum Gasteiger partial charge on any atom is 0.296 e. The van der Waals surface area contributed by atoms with Gasteiger partial charge in [-0.2, -0.15) is 0 Å². The maximum absolute atomic E-state index is 11.8. The van der Waals surface area contributed by atoms with Crippen LogP contribution in [0.5, 0.6) is 0 Å². The van der Waals surface area contributed by atoms with Crippen molar-refractivity contribution in [3.63, 3.8) is 0 Å². The van der Waals surface area contributed by atoms with Gasteiger partial charge in [0.05, 0.1) is 21.8 Å². The lowest BCUT2D eigenvalue weighted by Crippen LogP contribution is -2.22. The average molecular weight is 253 g/mol. The number of carbonyl (C=O) groups is 3. The van der Waals surface area contributed by atoms with Gasteiger partial charge in [0, 0.05) is 14.1 Å². The van der Waals surface area contributed by atoms with Crippen LogP contribution in [0.25, 0.3) is 0 Å². The van der Waals surface area contributed by atoms with Crippen molar-refractivity contribution in [1.29, 1.82) is 0 Å². The molecular formula is C11H9ClN2O3. The fraction of sp³-hybridized carbons (Fsp3) is 0.182. The molecule has 0 fully saturated rings. The second-order valence-corrected chi connectivity index (χ2v) is 4.27. The number of carbonyl (C=O) groups excluding carboxylic acids is 3. The molecular weight excluding hydrogens is 244 g/mol. The van der Waals surface area contributed by atoms with E-state index in [1.165, 1.54) is 17.0 Å². The average Bonchev–Trinajstić information content (AvgIpc) is 2.53. The molecule has 1 aromatic carbocycles. The van der Waals surface area contributed by atoms with Crippen LogP contribution in [0.4, 0.5) is 5.69 Å². The predicted octanol–water partition coefficient (Wildman–Crippen LogP) is 1.18. The highest BCUT2D eigenvalue weighted by Gasteiger charge is 2.30. The molecule has 0 radical (unpaired) electrons. The Morgan fingerprint density at radius 1 is 1.29 bits per heavy atom. The van der Waals surface area contributed by atoms with Crippen molar-refractivity contribution in [3.8, 4) is 0 Å². The van der Waals surface area contributed by atoms with Gasteiger partial charge in [0.15, 0.2) is 0 Å². The van der Waals surface area contributed by atoms with Crippen LogP contribution in [0, 0.1) is 0 Å². The summed E-state index contributed by atoms with van der Waals surface area (Å²) in [7, 11) is 3.19. The first-order chi connectivity index (χ1) is 7.91. The SMILES string of the molecule is CN(C)C(=O)c1cc2c(cc1Cl)C(=O)C(=O)N2. The quantitative estimate of drug-likeness (QED) is 0.763. The summed E-state index contributed by atoms with van der Waals surface area (Å²) in [6.45, 7) is 0. The zero-order chi connectivity index (χ0) is 12.7. The Hall–Kier alpha value is -1.88. The highest BCUT2D eigenvalue weighted by Crippen LogP contribution is 2.30. The lowest BCUT2D eigenvalue weighted by atomic mass is 10.1. The molecule has 1 aliphatic rings. The molecule has 1 aliphatic heterocycles. The number of hydrogen-bond acceptors (Lipinski definition) is 3. The summed E-state index contributed by atoms with van der Waals surface area (Å²) >= 11 is 5.92. The molecule has 6 heteroatoms. The third kappa shape index (κ3) is 1.78. The van der Waals surface area contributed by atoms with Gasteiger partial charge >= 0.3 is 0 Å². The molecule has 0 saturated heterocycles. The molecule has 88 valence electrons. The van der Waals surface area contributed by atoms with Gasteiger partial charge in [-0.3, -0.25) is 14.4 Å². The molecule has 0 aromatic heterocycles. The van der Waals surface area contributed by atoms with Crippen LogP contribution < -0.4 is 5.32 Å². The Balaban J connectivity index is 2.54. The van der Waals surface area contributed by atoms with Crippen LogP contribution >= 0.6 is 11.6 Å². The van der Waals surface area contributed by atoms with E-state index in [0.29, 0.717) is 5.69 Å². The minimum atomic E-state index is -0.703. The minimum absolute atomic E-state index is 0.160. The molecule has 1 heterocycles.